The highest BCUT2D eigenvalue weighted by atomic mass is 16.6. The minimum Gasteiger partial charge on any atom is -0.487 e. The summed E-state index contributed by atoms with van der Waals surface area (Å²) in [6.45, 7) is 2.44. The topological polar surface area (TPSA) is 122 Å². The van der Waals surface area contributed by atoms with Crippen molar-refractivity contribution in [2.24, 2.45) is 0 Å². The Bertz CT molecular complexity index is 529. The first-order valence-electron chi connectivity index (χ1n) is 6.34. The molecule has 0 heterocycles. The highest BCUT2D eigenvalue weighted by Crippen LogP contribution is 2.30. The molecule has 1 aromatic carbocycles. The number of hydrogen-bond donors (Lipinski definition) is 3. The fourth-order valence-electron chi connectivity index (χ4n) is 1.57. The fraction of sp³-hybridized carbons (Fsp3) is 0.462. The number of nitrogens with one attached hydrogen (secondary N) is 1. The summed E-state index contributed by atoms with van der Waals surface area (Å²) < 4.78 is 5.19. The summed E-state index contributed by atoms with van der Waals surface area (Å²) in [5.41, 5.74) is -1.78. The summed E-state index contributed by atoms with van der Waals surface area (Å²) >= 11 is 0. The van der Waals surface area contributed by atoms with Gasteiger partial charge in [-0.05, 0) is 19.9 Å². The van der Waals surface area contributed by atoms with Gasteiger partial charge >= 0.3 is 5.69 Å². The van der Waals surface area contributed by atoms with Gasteiger partial charge in [-0.15, -0.1) is 0 Å². The number of carbonyl (C=O) groups excluding carboxylic acids is 1. The van der Waals surface area contributed by atoms with Crippen LogP contribution >= 0.6 is 0 Å². The van der Waals surface area contributed by atoms with Crippen molar-refractivity contribution >= 4 is 11.6 Å². The summed E-state index contributed by atoms with van der Waals surface area (Å²) in [6.07, 6.45) is 0. The molecule has 0 bridgehead atoms. The zero-order valence-corrected chi connectivity index (χ0v) is 11.8. The van der Waals surface area contributed by atoms with E-state index in [-0.39, 0.29) is 30.2 Å². The average Bonchev–Trinajstić information content (AvgIpc) is 2.45. The molecule has 0 saturated carbocycles. The largest absolute Gasteiger partial charge is 0.487 e. The molecule has 0 radical (unpaired) electrons. The van der Waals surface area contributed by atoms with Crippen molar-refractivity contribution in [1.29, 1.82) is 0 Å². The molecule has 0 aromatic heterocycles. The number of carbonyl (C=O) groups is 1. The van der Waals surface area contributed by atoms with E-state index in [0.717, 1.165) is 0 Å². The standard InChI is InChI=1S/C13H18N2O6/c1-3-21-11-9(5-4-6-10(11)15(19)20)12(17)14-7-13(2,18)8-16/h4-6,16,18H,3,7-8H2,1-2H3,(H,14,17). The average molecular weight is 298 g/mol. The Morgan fingerprint density at radius 3 is 2.71 bits per heavy atom. The van der Waals surface area contributed by atoms with E-state index in [9.17, 15) is 20.0 Å². The minimum absolute atomic E-state index is 0.000195. The second-order valence-electron chi connectivity index (χ2n) is 4.68. The number of nitrogens with zero attached hydrogens (tertiary/aromatic N) is 1. The monoisotopic (exact) mass is 298 g/mol. The SMILES string of the molecule is CCOc1c(C(=O)NCC(C)(O)CO)cccc1[N+](=O)[O-]. The molecular formula is C13H18N2O6. The molecule has 3 N–H and O–H groups in total. The van der Waals surface area contributed by atoms with Crippen molar-refractivity contribution in [2.45, 2.75) is 19.4 Å². The summed E-state index contributed by atoms with van der Waals surface area (Å²) in [4.78, 5) is 22.4. The Balaban J connectivity index is 3.03. The summed E-state index contributed by atoms with van der Waals surface area (Å²) in [6, 6.07) is 4.01. The number of para-hydroxylation sites is 1. The van der Waals surface area contributed by atoms with Crippen molar-refractivity contribution in [3.05, 3.63) is 33.9 Å². The third-order valence-corrected chi connectivity index (χ3v) is 2.69. The molecule has 8 nitrogen and oxygen atoms in total. The van der Waals surface area contributed by atoms with E-state index in [0.29, 0.717) is 0 Å². The van der Waals surface area contributed by atoms with E-state index >= 15 is 0 Å². The number of rotatable bonds is 7. The van der Waals surface area contributed by atoms with Gasteiger partial charge in [0.2, 0.25) is 5.75 Å². The van der Waals surface area contributed by atoms with Crippen LogP contribution in [0.25, 0.3) is 0 Å². The smallest absolute Gasteiger partial charge is 0.311 e. The lowest BCUT2D eigenvalue weighted by Crippen LogP contribution is -2.43. The Morgan fingerprint density at radius 2 is 2.19 bits per heavy atom. The summed E-state index contributed by atoms with van der Waals surface area (Å²) in [5.74, 6) is -0.748. The number of aliphatic hydroxyl groups is 2. The Morgan fingerprint density at radius 1 is 1.52 bits per heavy atom. The van der Waals surface area contributed by atoms with Gasteiger partial charge in [0.1, 0.15) is 5.60 Å². The van der Waals surface area contributed by atoms with Crippen LogP contribution in [0.4, 0.5) is 5.69 Å². The van der Waals surface area contributed by atoms with Crippen LogP contribution in [0.3, 0.4) is 0 Å². The highest BCUT2D eigenvalue weighted by Gasteiger charge is 2.25. The number of amides is 1. The minimum atomic E-state index is -1.47. The normalized spacial score (nSPS) is 13.3. The van der Waals surface area contributed by atoms with Crippen LogP contribution in [0.2, 0.25) is 0 Å². The zero-order chi connectivity index (χ0) is 16.0. The summed E-state index contributed by atoms with van der Waals surface area (Å²) in [7, 11) is 0. The molecule has 0 spiro atoms. The molecule has 0 aliphatic rings. The maximum Gasteiger partial charge on any atom is 0.311 e. The van der Waals surface area contributed by atoms with Crippen molar-refractivity contribution < 1.29 is 24.7 Å². The first-order chi connectivity index (χ1) is 9.82. The maximum absolute atomic E-state index is 12.1. The second-order valence-corrected chi connectivity index (χ2v) is 4.68. The van der Waals surface area contributed by atoms with Crippen LogP contribution < -0.4 is 10.1 Å². The van der Waals surface area contributed by atoms with Gasteiger partial charge in [-0.2, -0.15) is 0 Å². The molecular weight excluding hydrogens is 280 g/mol. The summed E-state index contributed by atoms with van der Waals surface area (Å²) in [5, 5.41) is 31.9. The molecule has 8 heteroatoms. The van der Waals surface area contributed by atoms with Crippen molar-refractivity contribution in [3.63, 3.8) is 0 Å². The predicted octanol–water partition coefficient (Wildman–Crippen LogP) is 0.467. The van der Waals surface area contributed by atoms with Crippen LogP contribution in [-0.4, -0.2) is 46.4 Å². The van der Waals surface area contributed by atoms with Gasteiger partial charge in [0.15, 0.2) is 0 Å². The number of nitro groups is 1. The van der Waals surface area contributed by atoms with Gasteiger partial charge < -0.3 is 20.3 Å². The molecule has 0 fully saturated rings. The van der Waals surface area contributed by atoms with E-state index in [2.05, 4.69) is 5.32 Å². The Hall–Kier alpha value is -2.19. The molecule has 1 aromatic rings. The number of nitro benzene ring substituents is 1. The first-order valence-corrected chi connectivity index (χ1v) is 6.34. The third-order valence-electron chi connectivity index (χ3n) is 2.69. The predicted molar refractivity (Wildman–Crippen MR) is 74.3 cm³/mol. The molecule has 1 unspecified atom stereocenters. The molecule has 0 saturated heterocycles. The molecule has 0 aliphatic carbocycles. The quantitative estimate of drug-likeness (QED) is 0.497. The molecule has 116 valence electrons. The van der Waals surface area contributed by atoms with Gasteiger partial charge in [-0.25, -0.2) is 0 Å². The number of ether oxygens (including phenoxy) is 1. The lowest BCUT2D eigenvalue weighted by Gasteiger charge is -2.21. The van der Waals surface area contributed by atoms with Crippen LogP contribution in [-0.2, 0) is 0 Å². The number of aliphatic hydroxyl groups excluding tert-OH is 1. The molecule has 0 aliphatic heterocycles. The Labute approximate surface area is 121 Å². The lowest BCUT2D eigenvalue weighted by molar-refractivity contribution is -0.385. The molecule has 1 amide bonds. The number of benzene rings is 1. The maximum atomic E-state index is 12.1. The van der Waals surface area contributed by atoms with Crippen LogP contribution in [0.1, 0.15) is 24.2 Å². The fourth-order valence-corrected chi connectivity index (χ4v) is 1.57. The van der Waals surface area contributed by atoms with Crippen LogP contribution in [0, 0.1) is 10.1 Å². The third kappa shape index (κ3) is 4.40. The second kappa shape index (κ2) is 7.00. The zero-order valence-electron chi connectivity index (χ0n) is 11.8. The van der Waals surface area contributed by atoms with E-state index in [1.807, 2.05) is 0 Å². The molecule has 1 rings (SSSR count). The van der Waals surface area contributed by atoms with Gasteiger partial charge in [-0.3, -0.25) is 14.9 Å². The van der Waals surface area contributed by atoms with E-state index in [1.54, 1.807) is 6.92 Å². The van der Waals surface area contributed by atoms with Gasteiger partial charge in [0, 0.05) is 12.6 Å². The van der Waals surface area contributed by atoms with E-state index in [4.69, 9.17) is 9.84 Å². The van der Waals surface area contributed by atoms with Gasteiger partial charge in [0.25, 0.3) is 5.91 Å². The van der Waals surface area contributed by atoms with Crippen LogP contribution in [0.15, 0.2) is 18.2 Å². The van der Waals surface area contributed by atoms with Gasteiger partial charge in [-0.1, -0.05) is 6.07 Å². The van der Waals surface area contributed by atoms with Gasteiger partial charge in [0.05, 0.1) is 23.7 Å². The number of hydrogen-bond acceptors (Lipinski definition) is 6. The van der Waals surface area contributed by atoms with Crippen molar-refractivity contribution in [2.75, 3.05) is 19.8 Å². The lowest BCUT2D eigenvalue weighted by atomic mass is 10.1. The van der Waals surface area contributed by atoms with Crippen LogP contribution in [0.5, 0.6) is 5.75 Å². The Kier molecular flexibility index (Phi) is 5.62. The van der Waals surface area contributed by atoms with Crippen molar-refractivity contribution in [1.82, 2.24) is 5.32 Å². The first kappa shape index (κ1) is 16.9. The van der Waals surface area contributed by atoms with E-state index < -0.39 is 23.0 Å². The highest BCUT2D eigenvalue weighted by molar-refractivity contribution is 5.98. The molecule has 1 atom stereocenters. The van der Waals surface area contributed by atoms with E-state index in [1.165, 1.54) is 25.1 Å². The van der Waals surface area contributed by atoms with Crippen molar-refractivity contribution in [3.8, 4) is 5.75 Å². The molecule has 21 heavy (non-hydrogen) atoms.